The molecule has 0 aliphatic carbocycles. The molecule has 0 spiro atoms. The largest absolute Gasteiger partial charge is 0.382 e. The molecular formula is C15H27N5O2. The molecule has 0 aromatic carbocycles. The van der Waals surface area contributed by atoms with Gasteiger partial charge in [0.1, 0.15) is 5.82 Å². The lowest BCUT2D eigenvalue weighted by molar-refractivity contribution is -0.0514. The Labute approximate surface area is 132 Å². The van der Waals surface area contributed by atoms with Crippen LogP contribution in [0.5, 0.6) is 0 Å². The van der Waals surface area contributed by atoms with Crippen LogP contribution in [-0.4, -0.2) is 68.1 Å². The first-order chi connectivity index (χ1) is 10.4. The van der Waals surface area contributed by atoms with E-state index in [-0.39, 0.29) is 18.1 Å². The van der Waals surface area contributed by atoms with E-state index in [0.29, 0.717) is 12.6 Å². The molecule has 2 atom stereocenters. The van der Waals surface area contributed by atoms with E-state index in [9.17, 15) is 0 Å². The zero-order chi connectivity index (χ0) is 16.3. The summed E-state index contributed by atoms with van der Waals surface area (Å²) in [7, 11) is 5.58. The molecule has 1 aromatic rings. The van der Waals surface area contributed by atoms with Crippen molar-refractivity contribution in [2.45, 2.75) is 38.9 Å². The van der Waals surface area contributed by atoms with E-state index in [1.54, 1.807) is 7.11 Å². The van der Waals surface area contributed by atoms with Crippen LogP contribution in [0.15, 0.2) is 0 Å². The number of ether oxygens (including phenoxy) is 2. The average molecular weight is 309 g/mol. The van der Waals surface area contributed by atoms with Gasteiger partial charge in [-0.3, -0.25) is 0 Å². The van der Waals surface area contributed by atoms with E-state index in [4.69, 9.17) is 9.47 Å². The van der Waals surface area contributed by atoms with Gasteiger partial charge in [0, 0.05) is 40.2 Å². The summed E-state index contributed by atoms with van der Waals surface area (Å²) in [4.78, 5) is 17.8. The standard InChI is InChI=1S/C15H27N5O2/c1-10(2)13-16-14(19(4)5)18-15(17-13)20-7-11(3)22-12(8-20)9-21-6/h10-12H,7-9H2,1-6H3. The molecule has 0 amide bonds. The fraction of sp³-hybridized carbons (Fsp3) is 0.800. The van der Waals surface area contributed by atoms with Crippen LogP contribution in [0.25, 0.3) is 0 Å². The molecular weight excluding hydrogens is 282 g/mol. The van der Waals surface area contributed by atoms with E-state index < -0.39 is 0 Å². The van der Waals surface area contributed by atoms with Gasteiger partial charge in [-0.15, -0.1) is 0 Å². The fourth-order valence-electron chi connectivity index (χ4n) is 2.46. The molecule has 1 saturated heterocycles. The topological polar surface area (TPSA) is 63.6 Å². The normalized spacial score (nSPS) is 22.2. The average Bonchev–Trinajstić information content (AvgIpc) is 2.46. The number of hydrogen-bond acceptors (Lipinski definition) is 7. The van der Waals surface area contributed by atoms with Gasteiger partial charge >= 0.3 is 0 Å². The Hall–Kier alpha value is -1.47. The molecule has 22 heavy (non-hydrogen) atoms. The zero-order valence-electron chi connectivity index (χ0n) is 14.4. The first-order valence-corrected chi connectivity index (χ1v) is 7.73. The Balaban J connectivity index is 2.29. The van der Waals surface area contributed by atoms with Gasteiger partial charge in [-0.25, -0.2) is 0 Å². The van der Waals surface area contributed by atoms with Crippen LogP contribution in [0.2, 0.25) is 0 Å². The monoisotopic (exact) mass is 309 g/mol. The molecule has 2 unspecified atom stereocenters. The molecule has 124 valence electrons. The highest BCUT2D eigenvalue weighted by Gasteiger charge is 2.28. The van der Waals surface area contributed by atoms with Gasteiger partial charge in [-0.05, 0) is 6.92 Å². The lowest BCUT2D eigenvalue weighted by Gasteiger charge is -2.36. The minimum atomic E-state index is 0.0378. The van der Waals surface area contributed by atoms with Gasteiger partial charge in [-0.2, -0.15) is 15.0 Å². The van der Waals surface area contributed by atoms with E-state index in [2.05, 4.69) is 40.6 Å². The smallest absolute Gasteiger partial charge is 0.230 e. The van der Waals surface area contributed by atoms with Crippen LogP contribution in [0.4, 0.5) is 11.9 Å². The first kappa shape index (κ1) is 16.9. The number of aromatic nitrogens is 3. The van der Waals surface area contributed by atoms with Gasteiger partial charge in [-0.1, -0.05) is 13.8 Å². The highest BCUT2D eigenvalue weighted by Crippen LogP contribution is 2.21. The third-order valence-electron chi connectivity index (χ3n) is 3.51. The van der Waals surface area contributed by atoms with Crippen molar-refractivity contribution in [2.75, 3.05) is 50.7 Å². The maximum atomic E-state index is 5.89. The summed E-state index contributed by atoms with van der Waals surface area (Å²) in [5.74, 6) is 2.49. The lowest BCUT2D eigenvalue weighted by atomic mass is 10.2. The Bertz CT molecular complexity index is 469. The van der Waals surface area contributed by atoms with Crippen LogP contribution in [-0.2, 0) is 9.47 Å². The van der Waals surface area contributed by atoms with Crippen LogP contribution in [0.1, 0.15) is 32.5 Å². The van der Waals surface area contributed by atoms with E-state index in [1.807, 2.05) is 19.0 Å². The lowest BCUT2D eigenvalue weighted by Crippen LogP contribution is -2.49. The van der Waals surface area contributed by atoms with Crippen molar-refractivity contribution in [3.63, 3.8) is 0 Å². The molecule has 2 heterocycles. The number of methoxy groups -OCH3 is 1. The number of rotatable bonds is 5. The summed E-state index contributed by atoms with van der Waals surface area (Å²) >= 11 is 0. The predicted molar refractivity (Wildman–Crippen MR) is 86.7 cm³/mol. The predicted octanol–water partition coefficient (Wildman–Crippen LogP) is 1.30. The second-order valence-corrected chi connectivity index (χ2v) is 6.27. The van der Waals surface area contributed by atoms with Gasteiger partial charge in [0.2, 0.25) is 11.9 Å². The molecule has 7 nitrogen and oxygen atoms in total. The van der Waals surface area contributed by atoms with Crippen molar-refractivity contribution in [3.05, 3.63) is 5.82 Å². The molecule has 0 radical (unpaired) electrons. The van der Waals surface area contributed by atoms with Crippen molar-refractivity contribution < 1.29 is 9.47 Å². The molecule has 0 bridgehead atoms. The Morgan fingerprint density at radius 2 is 2.00 bits per heavy atom. The maximum Gasteiger partial charge on any atom is 0.230 e. The molecule has 1 aliphatic heterocycles. The minimum absolute atomic E-state index is 0.0378. The third kappa shape index (κ3) is 4.04. The first-order valence-electron chi connectivity index (χ1n) is 7.73. The molecule has 1 aliphatic rings. The number of anilines is 2. The molecule has 0 saturated carbocycles. The minimum Gasteiger partial charge on any atom is -0.382 e. The molecule has 0 N–H and O–H groups in total. The summed E-state index contributed by atoms with van der Waals surface area (Å²) in [6.45, 7) is 8.32. The summed E-state index contributed by atoms with van der Waals surface area (Å²) in [6.07, 6.45) is 0.159. The number of morpholine rings is 1. The quantitative estimate of drug-likeness (QED) is 0.812. The maximum absolute atomic E-state index is 5.89. The van der Waals surface area contributed by atoms with Crippen molar-refractivity contribution in [3.8, 4) is 0 Å². The van der Waals surface area contributed by atoms with Crippen LogP contribution < -0.4 is 9.80 Å². The van der Waals surface area contributed by atoms with E-state index in [0.717, 1.165) is 24.9 Å². The Kier molecular flexibility index (Phi) is 5.52. The van der Waals surface area contributed by atoms with Gasteiger partial charge < -0.3 is 19.3 Å². The van der Waals surface area contributed by atoms with Gasteiger partial charge in [0.15, 0.2) is 0 Å². The molecule has 7 heteroatoms. The highest BCUT2D eigenvalue weighted by molar-refractivity contribution is 5.39. The van der Waals surface area contributed by atoms with Gasteiger partial charge in [0.05, 0.1) is 18.8 Å². The number of hydrogen-bond donors (Lipinski definition) is 0. The summed E-state index contributed by atoms with van der Waals surface area (Å²) in [6, 6.07) is 0. The van der Waals surface area contributed by atoms with Crippen LogP contribution >= 0.6 is 0 Å². The number of nitrogens with zero attached hydrogens (tertiary/aromatic N) is 5. The van der Waals surface area contributed by atoms with Crippen LogP contribution in [0, 0.1) is 0 Å². The van der Waals surface area contributed by atoms with Crippen molar-refractivity contribution >= 4 is 11.9 Å². The SMILES string of the molecule is COCC1CN(c2nc(C(C)C)nc(N(C)C)n2)CC(C)O1. The van der Waals surface area contributed by atoms with Gasteiger partial charge in [0.25, 0.3) is 0 Å². The molecule has 1 aromatic heterocycles. The summed E-state index contributed by atoms with van der Waals surface area (Å²) in [5.41, 5.74) is 0. The Morgan fingerprint density at radius 3 is 2.59 bits per heavy atom. The Morgan fingerprint density at radius 1 is 1.27 bits per heavy atom. The van der Waals surface area contributed by atoms with Crippen molar-refractivity contribution in [1.82, 2.24) is 15.0 Å². The second-order valence-electron chi connectivity index (χ2n) is 6.27. The van der Waals surface area contributed by atoms with E-state index in [1.165, 1.54) is 0 Å². The van der Waals surface area contributed by atoms with E-state index >= 15 is 0 Å². The molecule has 2 rings (SSSR count). The van der Waals surface area contributed by atoms with Crippen molar-refractivity contribution in [1.29, 1.82) is 0 Å². The van der Waals surface area contributed by atoms with Crippen LogP contribution in [0.3, 0.4) is 0 Å². The fourth-order valence-corrected chi connectivity index (χ4v) is 2.46. The highest BCUT2D eigenvalue weighted by atomic mass is 16.5. The summed E-state index contributed by atoms with van der Waals surface area (Å²) < 4.78 is 11.1. The second kappa shape index (κ2) is 7.19. The van der Waals surface area contributed by atoms with Crippen molar-refractivity contribution in [2.24, 2.45) is 0 Å². The molecule has 1 fully saturated rings. The summed E-state index contributed by atoms with van der Waals surface area (Å²) in [5, 5.41) is 0. The third-order valence-corrected chi connectivity index (χ3v) is 3.51. The zero-order valence-corrected chi connectivity index (χ0v) is 14.4.